The molecule has 0 radical (unpaired) electrons. The third-order valence-corrected chi connectivity index (χ3v) is 4.78. The van der Waals surface area contributed by atoms with Crippen molar-refractivity contribution in [2.24, 2.45) is 0 Å². The number of benzene rings is 1. The second kappa shape index (κ2) is 5.65. The van der Waals surface area contributed by atoms with Crippen LogP contribution in [-0.4, -0.2) is 39.3 Å². The highest BCUT2D eigenvalue weighted by Crippen LogP contribution is 2.34. The molecule has 22 heavy (non-hydrogen) atoms. The van der Waals surface area contributed by atoms with Crippen LogP contribution in [0.5, 0.6) is 5.75 Å². The van der Waals surface area contributed by atoms with E-state index in [1.54, 1.807) is 17.4 Å². The molecule has 3 rings (SSSR count). The number of aliphatic hydroxyl groups is 1. The van der Waals surface area contributed by atoms with E-state index in [1.807, 2.05) is 12.1 Å². The van der Waals surface area contributed by atoms with Crippen LogP contribution in [0.4, 0.5) is 0 Å². The van der Waals surface area contributed by atoms with Crippen LogP contribution >= 0.6 is 11.3 Å². The van der Waals surface area contributed by atoms with Crippen molar-refractivity contribution in [3.05, 3.63) is 34.2 Å². The predicted molar refractivity (Wildman–Crippen MR) is 89.2 cm³/mol. The number of aliphatic hydroxyl groups excluding tert-OH is 1. The van der Waals surface area contributed by atoms with Crippen LogP contribution in [0.2, 0.25) is 0 Å². The Kier molecular flexibility index (Phi) is 3.97. The highest BCUT2D eigenvalue weighted by Gasteiger charge is 2.25. The highest BCUT2D eigenvalue weighted by atomic mass is 32.1. The Morgan fingerprint density at radius 3 is 2.68 bits per heavy atom. The van der Waals surface area contributed by atoms with Gasteiger partial charge in [0.1, 0.15) is 10.8 Å². The quantitative estimate of drug-likeness (QED) is 0.913. The predicted octanol–water partition coefficient (Wildman–Crippen LogP) is 2.99. The number of β-amino-alcohol motifs (C(OH)–C–C–N with tert-alkyl or cyclic N) is 1. The van der Waals surface area contributed by atoms with E-state index in [-0.39, 0.29) is 11.5 Å². The first-order chi connectivity index (χ1) is 10.3. The summed E-state index contributed by atoms with van der Waals surface area (Å²) in [5, 5.41) is 22.5. The molecule has 1 aliphatic heterocycles. The monoisotopic (exact) mass is 318 g/mol. The summed E-state index contributed by atoms with van der Waals surface area (Å²) in [7, 11) is 0. The Morgan fingerprint density at radius 2 is 2.05 bits per heavy atom. The normalized spacial score (nSPS) is 16.7. The first kappa shape index (κ1) is 15.5. The maximum atomic E-state index is 10.1. The molecule has 2 N–H and O–H groups in total. The lowest BCUT2D eigenvalue weighted by atomic mass is 9.85. The topological polar surface area (TPSA) is 56.6 Å². The average Bonchev–Trinajstić information content (AvgIpc) is 2.85. The summed E-state index contributed by atoms with van der Waals surface area (Å²) >= 11 is 1.64. The van der Waals surface area contributed by atoms with Gasteiger partial charge in [-0.1, -0.05) is 20.8 Å². The maximum absolute atomic E-state index is 10.1. The zero-order chi connectivity index (χ0) is 15.9. The maximum Gasteiger partial charge on any atom is 0.119 e. The molecule has 0 saturated carbocycles. The number of nitrogens with zero attached hydrogens (tertiary/aromatic N) is 2. The van der Waals surface area contributed by atoms with E-state index >= 15 is 0 Å². The Balaban J connectivity index is 1.81. The van der Waals surface area contributed by atoms with Crippen molar-refractivity contribution in [1.82, 2.24) is 9.88 Å². The molecule has 1 aliphatic rings. The van der Waals surface area contributed by atoms with Crippen molar-refractivity contribution >= 4 is 11.3 Å². The zero-order valence-corrected chi connectivity index (χ0v) is 14.0. The molecule has 0 amide bonds. The number of rotatable bonds is 3. The first-order valence-corrected chi connectivity index (χ1v) is 8.39. The minimum atomic E-state index is -0.175. The van der Waals surface area contributed by atoms with Gasteiger partial charge in [0.25, 0.3) is 0 Å². The summed E-state index contributed by atoms with van der Waals surface area (Å²) in [5.74, 6) is 0.335. The van der Waals surface area contributed by atoms with E-state index in [2.05, 4.69) is 31.1 Å². The standard InChI is InChI=1S/C17H22N2O2S/c1-17(2,3)13-6-11(4-5-15(13)21)14-10-22-16(18-14)9-19-7-12(20)8-19/h4-6,10,12,20-21H,7-9H2,1-3H3. The van der Waals surface area contributed by atoms with Gasteiger partial charge >= 0.3 is 0 Å². The summed E-state index contributed by atoms with van der Waals surface area (Å²) in [4.78, 5) is 6.88. The molecule has 0 atom stereocenters. The number of phenols is 1. The fourth-order valence-electron chi connectivity index (χ4n) is 2.68. The fourth-order valence-corrected chi connectivity index (χ4v) is 3.52. The summed E-state index contributed by atoms with van der Waals surface area (Å²) < 4.78 is 0. The van der Waals surface area contributed by atoms with E-state index in [0.717, 1.165) is 41.5 Å². The second-order valence-electron chi connectivity index (χ2n) is 6.96. The zero-order valence-electron chi connectivity index (χ0n) is 13.2. The molecule has 0 unspecified atom stereocenters. The molecule has 118 valence electrons. The Bertz CT molecular complexity index is 670. The molecule has 5 heteroatoms. The summed E-state index contributed by atoms with van der Waals surface area (Å²) in [6, 6.07) is 5.69. The molecule has 0 aliphatic carbocycles. The van der Waals surface area contributed by atoms with Gasteiger partial charge in [-0.15, -0.1) is 11.3 Å². The van der Waals surface area contributed by atoms with Gasteiger partial charge in [-0.25, -0.2) is 4.98 Å². The van der Waals surface area contributed by atoms with Gasteiger partial charge in [0.15, 0.2) is 0 Å². The second-order valence-corrected chi connectivity index (χ2v) is 7.90. The molecular weight excluding hydrogens is 296 g/mol. The van der Waals surface area contributed by atoms with Gasteiger partial charge in [0.05, 0.1) is 18.3 Å². The minimum Gasteiger partial charge on any atom is -0.508 e. The summed E-state index contributed by atoms with van der Waals surface area (Å²) in [6.07, 6.45) is -0.175. The number of hydrogen-bond donors (Lipinski definition) is 2. The number of thiazole rings is 1. The van der Waals surface area contributed by atoms with Crippen molar-refractivity contribution < 1.29 is 10.2 Å². The number of hydrogen-bond acceptors (Lipinski definition) is 5. The molecular formula is C17H22N2O2S. The third kappa shape index (κ3) is 3.16. The van der Waals surface area contributed by atoms with Gasteiger partial charge in [-0.3, -0.25) is 4.90 Å². The van der Waals surface area contributed by atoms with Gasteiger partial charge in [0, 0.05) is 24.0 Å². The van der Waals surface area contributed by atoms with Crippen LogP contribution in [0.15, 0.2) is 23.6 Å². The number of likely N-dealkylation sites (tertiary alicyclic amines) is 1. The van der Waals surface area contributed by atoms with Crippen molar-refractivity contribution in [2.75, 3.05) is 13.1 Å². The fraction of sp³-hybridized carbons (Fsp3) is 0.471. The highest BCUT2D eigenvalue weighted by molar-refractivity contribution is 7.09. The van der Waals surface area contributed by atoms with E-state index in [9.17, 15) is 10.2 Å². The Morgan fingerprint density at radius 1 is 1.32 bits per heavy atom. The lowest BCUT2D eigenvalue weighted by molar-refractivity contribution is -0.00287. The van der Waals surface area contributed by atoms with E-state index in [4.69, 9.17) is 4.98 Å². The molecule has 4 nitrogen and oxygen atoms in total. The Labute approximate surface area is 135 Å². The van der Waals surface area contributed by atoms with Crippen LogP contribution in [0.1, 0.15) is 31.3 Å². The largest absolute Gasteiger partial charge is 0.508 e. The van der Waals surface area contributed by atoms with Gasteiger partial charge in [-0.2, -0.15) is 0 Å². The number of aromatic hydroxyl groups is 1. The van der Waals surface area contributed by atoms with Crippen LogP contribution in [0, 0.1) is 0 Å². The van der Waals surface area contributed by atoms with E-state index in [0.29, 0.717) is 5.75 Å². The van der Waals surface area contributed by atoms with Crippen LogP contribution in [0.25, 0.3) is 11.3 Å². The molecule has 1 aromatic heterocycles. The Hall–Kier alpha value is -1.43. The summed E-state index contributed by atoms with van der Waals surface area (Å²) in [6.45, 7) is 8.55. The minimum absolute atomic E-state index is 0.104. The van der Waals surface area contributed by atoms with Gasteiger partial charge in [0.2, 0.25) is 0 Å². The van der Waals surface area contributed by atoms with Crippen molar-refractivity contribution in [1.29, 1.82) is 0 Å². The molecule has 0 bridgehead atoms. The molecule has 0 spiro atoms. The third-order valence-electron chi connectivity index (χ3n) is 3.95. The SMILES string of the molecule is CC(C)(C)c1cc(-c2csc(CN3CC(O)C3)n2)ccc1O. The lowest BCUT2D eigenvalue weighted by Crippen LogP contribution is -2.49. The van der Waals surface area contributed by atoms with Crippen LogP contribution < -0.4 is 0 Å². The first-order valence-electron chi connectivity index (χ1n) is 7.51. The van der Waals surface area contributed by atoms with E-state index in [1.165, 1.54) is 0 Å². The van der Waals surface area contributed by atoms with Gasteiger partial charge < -0.3 is 10.2 Å². The molecule has 1 saturated heterocycles. The van der Waals surface area contributed by atoms with Gasteiger partial charge in [-0.05, 0) is 29.2 Å². The van der Waals surface area contributed by atoms with E-state index < -0.39 is 0 Å². The van der Waals surface area contributed by atoms with Crippen molar-refractivity contribution in [2.45, 2.75) is 38.8 Å². The molecule has 2 heterocycles. The number of phenolic OH excluding ortho intramolecular Hbond substituents is 1. The summed E-state index contributed by atoms with van der Waals surface area (Å²) in [5.41, 5.74) is 2.82. The lowest BCUT2D eigenvalue weighted by Gasteiger charge is -2.34. The van der Waals surface area contributed by atoms with Crippen LogP contribution in [-0.2, 0) is 12.0 Å². The molecule has 1 fully saturated rings. The molecule has 2 aromatic rings. The molecule has 1 aromatic carbocycles. The average molecular weight is 318 g/mol. The number of aromatic nitrogens is 1. The van der Waals surface area contributed by atoms with Crippen LogP contribution in [0.3, 0.4) is 0 Å². The van der Waals surface area contributed by atoms with Crippen molar-refractivity contribution in [3.63, 3.8) is 0 Å². The van der Waals surface area contributed by atoms with Crippen molar-refractivity contribution in [3.8, 4) is 17.0 Å². The smallest absolute Gasteiger partial charge is 0.119 e.